The minimum atomic E-state index is 0.0977. The van der Waals surface area contributed by atoms with Crippen molar-refractivity contribution in [2.45, 2.75) is 25.9 Å². The largest absolute Gasteiger partial charge is 0.497 e. The van der Waals surface area contributed by atoms with E-state index in [9.17, 15) is 4.79 Å². The van der Waals surface area contributed by atoms with Crippen LogP contribution in [0.25, 0.3) is 11.3 Å². The molecule has 0 bridgehead atoms. The number of hydrogen-bond donors (Lipinski definition) is 0. The second kappa shape index (κ2) is 4.37. The van der Waals surface area contributed by atoms with Gasteiger partial charge in [-0.05, 0) is 37.1 Å². The molecule has 0 aliphatic carbocycles. The second-order valence-corrected chi connectivity index (χ2v) is 4.55. The maximum Gasteiger partial charge on any atom is 0.267 e. The third-order valence-corrected chi connectivity index (χ3v) is 3.46. The first-order valence-corrected chi connectivity index (χ1v) is 6.24. The van der Waals surface area contributed by atoms with E-state index in [0.717, 1.165) is 42.9 Å². The number of aromatic nitrogens is 2. The average molecular weight is 244 g/mol. The van der Waals surface area contributed by atoms with E-state index in [0.29, 0.717) is 0 Å². The lowest BCUT2D eigenvalue weighted by molar-refractivity contribution is 0.359. The molecule has 2 heterocycles. The number of ether oxygens (including phenoxy) is 1. The van der Waals surface area contributed by atoms with Crippen molar-refractivity contribution in [1.29, 1.82) is 0 Å². The predicted octanol–water partition coefficient (Wildman–Crippen LogP) is 2.12. The van der Waals surface area contributed by atoms with Crippen LogP contribution >= 0.6 is 0 Å². The minimum Gasteiger partial charge on any atom is -0.497 e. The lowest BCUT2D eigenvalue weighted by Gasteiger charge is -2.19. The van der Waals surface area contributed by atoms with Crippen LogP contribution in [-0.2, 0) is 13.1 Å². The summed E-state index contributed by atoms with van der Waals surface area (Å²) >= 11 is 0. The molecule has 0 atom stereocenters. The van der Waals surface area contributed by atoms with Crippen LogP contribution in [-0.4, -0.2) is 16.5 Å². The van der Waals surface area contributed by atoms with E-state index in [1.807, 2.05) is 28.9 Å². The molecule has 0 saturated heterocycles. The van der Waals surface area contributed by atoms with Crippen LogP contribution in [0, 0.1) is 0 Å². The minimum absolute atomic E-state index is 0.0977. The van der Waals surface area contributed by atoms with Crippen molar-refractivity contribution in [3.8, 4) is 17.0 Å². The van der Waals surface area contributed by atoms with Gasteiger partial charge < -0.3 is 4.74 Å². The van der Waals surface area contributed by atoms with Crippen molar-refractivity contribution in [2.75, 3.05) is 7.11 Å². The Hall–Kier alpha value is -1.97. The molecule has 1 aromatic heterocycles. The van der Waals surface area contributed by atoms with Crippen LogP contribution in [0.1, 0.15) is 12.8 Å². The van der Waals surface area contributed by atoms with Crippen molar-refractivity contribution < 1.29 is 4.74 Å². The summed E-state index contributed by atoms with van der Waals surface area (Å²) in [6.45, 7) is 1.75. The van der Waals surface area contributed by atoms with Gasteiger partial charge in [0.2, 0.25) is 0 Å². The Kier molecular flexibility index (Phi) is 2.70. The van der Waals surface area contributed by atoms with Gasteiger partial charge in [0.15, 0.2) is 0 Å². The van der Waals surface area contributed by atoms with Crippen LogP contribution < -0.4 is 10.3 Å². The van der Waals surface area contributed by atoms with E-state index in [1.165, 1.54) is 0 Å². The molecule has 94 valence electrons. The van der Waals surface area contributed by atoms with E-state index >= 15 is 0 Å². The molecular weight excluding hydrogens is 228 g/mol. The SMILES string of the molecule is COc1ccc(-c2cc(=O)n3n2CCCC3)cc1. The number of benzene rings is 1. The Balaban J connectivity index is 2.08. The van der Waals surface area contributed by atoms with Gasteiger partial charge in [-0.15, -0.1) is 0 Å². The van der Waals surface area contributed by atoms with Gasteiger partial charge in [0.05, 0.1) is 12.8 Å². The number of rotatable bonds is 2. The third kappa shape index (κ3) is 1.74. The third-order valence-electron chi connectivity index (χ3n) is 3.46. The summed E-state index contributed by atoms with van der Waals surface area (Å²) in [5.74, 6) is 0.833. The maximum absolute atomic E-state index is 11.9. The number of fused-ring (bicyclic) bond motifs is 1. The molecule has 0 fully saturated rings. The van der Waals surface area contributed by atoms with Crippen LogP contribution in [0.4, 0.5) is 0 Å². The van der Waals surface area contributed by atoms with E-state index in [1.54, 1.807) is 13.2 Å². The number of methoxy groups -OCH3 is 1. The topological polar surface area (TPSA) is 36.2 Å². The quantitative estimate of drug-likeness (QED) is 0.811. The fourth-order valence-electron chi connectivity index (χ4n) is 2.50. The van der Waals surface area contributed by atoms with Crippen molar-refractivity contribution in [3.05, 3.63) is 40.7 Å². The van der Waals surface area contributed by atoms with E-state index in [2.05, 4.69) is 4.68 Å². The first-order chi connectivity index (χ1) is 8.79. The van der Waals surface area contributed by atoms with Gasteiger partial charge in [-0.1, -0.05) is 0 Å². The molecule has 4 heteroatoms. The molecule has 1 aliphatic heterocycles. The summed E-state index contributed by atoms with van der Waals surface area (Å²) in [5.41, 5.74) is 2.16. The predicted molar refractivity (Wildman–Crippen MR) is 69.9 cm³/mol. The van der Waals surface area contributed by atoms with Gasteiger partial charge in [0, 0.05) is 24.7 Å². The number of nitrogens with zero attached hydrogens (tertiary/aromatic N) is 2. The highest BCUT2D eigenvalue weighted by Crippen LogP contribution is 2.23. The second-order valence-electron chi connectivity index (χ2n) is 4.55. The summed E-state index contributed by atoms with van der Waals surface area (Å²) in [6.07, 6.45) is 2.23. The average Bonchev–Trinajstić information content (AvgIpc) is 2.77. The maximum atomic E-state index is 11.9. The highest BCUT2D eigenvalue weighted by atomic mass is 16.5. The Bertz CT molecular complexity index is 608. The highest BCUT2D eigenvalue weighted by molar-refractivity contribution is 5.60. The molecule has 0 saturated carbocycles. The normalized spacial score (nSPS) is 14.3. The summed E-state index contributed by atoms with van der Waals surface area (Å²) in [5, 5.41) is 0. The van der Waals surface area contributed by atoms with Gasteiger partial charge in [0.1, 0.15) is 5.75 Å². The zero-order valence-electron chi connectivity index (χ0n) is 10.4. The van der Waals surface area contributed by atoms with E-state index < -0.39 is 0 Å². The molecule has 3 rings (SSSR count). The van der Waals surface area contributed by atoms with E-state index in [4.69, 9.17) is 4.74 Å². The van der Waals surface area contributed by atoms with Crippen molar-refractivity contribution in [3.63, 3.8) is 0 Å². The molecule has 0 amide bonds. The van der Waals surface area contributed by atoms with Gasteiger partial charge in [-0.25, -0.2) is 0 Å². The fraction of sp³-hybridized carbons (Fsp3) is 0.357. The Morgan fingerprint density at radius 3 is 2.39 bits per heavy atom. The van der Waals surface area contributed by atoms with Gasteiger partial charge in [-0.3, -0.25) is 14.2 Å². The van der Waals surface area contributed by atoms with Gasteiger partial charge in [0.25, 0.3) is 5.56 Å². The Morgan fingerprint density at radius 1 is 1.06 bits per heavy atom. The molecule has 0 radical (unpaired) electrons. The lowest BCUT2D eigenvalue weighted by atomic mass is 10.1. The van der Waals surface area contributed by atoms with E-state index in [-0.39, 0.29) is 5.56 Å². The van der Waals surface area contributed by atoms with Crippen molar-refractivity contribution in [1.82, 2.24) is 9.36 Å². The Morgan fingerprint density at radius 2 is 1.72 bits per heavy atom. The molecule has 1 aliphatic rings. The molecule has 2 aromatic rings. The molecule has 18 heavy (non-hydrogen) atoms. The monoisotopic (exact) mass is 244 g/mol. The zero-order valence-corrected chi connectivity index (χ0v) is 10.4. The van der Waals surface area contributed by atoms with Crippen molar-refractivity contribution in [2.24, 2.45) is 0 Å². The van der Waals surface area contributed by atoms with Crippen LogP contribution in [0.2, 0.25) is 0 Å². The standard InChI is InChI=1S/C14H16N2O2/c1-18-12-6-4-11(5-7-12)13-10-14(17)16-9-3-2-8-15(13)16/h4-7,10H,2-3,8-9H2,1H3. The van der Waals surface area contributed by atoms with Gasteiger partial charge in [-0.2, -0.15) is 0 Å². The molecule has 0 unspecified atom stereocenters. The zero-order chi connectivity index (χ0) is 12.5. The summed E-state index contributed by atoms with van der Waals surface area (Å²) in [4.78, 5) is 11.9. The summed E-state index contributed by atoms with van der Waals surface area (Å²) in [7, 11) is 1.65. The van der Waals surface area contributed by atoms with Crippen LogP contribution in [0.5, 0.6) is 5.75 Å². The lowest BCUT2D eigenvalue weighted by Crippen LogP contribution is -2.27. The van der Waals surface area contributed by atoms with Crippen LogP contribution in [0.3, 0.4) is 0 Å². The summed E-state index contributed by atoms with van der Waals surface area (Å²) in [6, 6.07) is 9.57. The first kappa shape index (κ1) is 11.1. The van der Waals surface area contributed by atoms with Crippen molar-refractivity contribution >= 4 is 0 Å². The number of hydrogen-bond acceptors (Lipinski definition) is 2. The molecule has 0 spiro atoms. The first-order valence-electron chi connectivity index (χ1n) is 6.24. The smallest absolute Gasteiger partial charge is 0.267 e. The molecule has 0 N–H and O–H groups in total. The Labute approximate surface area is 105 Å². The summed E-state index contributed by atoms with van der Waals surface area (Å²) < 4.78 is 9.08. The molecule has 4 nitrogen and oxygen atoms in total. The molecular formula is C14H16N2O2. The highest BCUT2D eigenvalue weighted by Gasteiger charge is 2.15. The van der Waals surface area contributed by atoms with Crippen LogP contribution in [0.15, 0.2) is 35.1 Å². The fourth-order valence-corrected chi connectivity index (χ4v) is 2.50. The van der Waals surface area contributed by atoms with Gasteiger partial charge >= 0.3 is 0 Å². The molecule has 1 aromatic carbocycles.